The fraction of sp³-hybridized carbons (Fsp3) is 0.821. The maximum atomic E-state index is 11.7. The predicted octanol–water partition coefficient (Wildman–Crippen LogP) is 1.88. The number of piperidine rings is 1. The molecule has 2 N–H and O–H groups in total. The number of nitrogens with one attached hydrogen (secondary N) is 2. The first kappa shape index (κ1) is 50.1. The zero-order valence-electron chi connectivity index (χ0n) is 33.5. The number of alkyl carbamates (subject to hydrolysis) is 1. The number of benzene rings is 1. The van der Waals surface area contributed by atoms with Gasteiger partial charge < -0.3 is 76.9 Å². The smallest absolute Gasteiger partial charge is 0.407 e. The maximum absolute atomic E-state index is 11.7. The maximum Gasteiger partial charge on any atom is 0.407 e. The molecule has 0 bridgehead atoms. The van der Waals surface area contributed by atoms with Crippen LogP contribution >= 0.6 is 0 Å². The molecule has 0 aliphatic carbocycles. The van der Waals surface area contributed by atoms with Crippen LogP contribution in [0.1, 0.15) is 18.4 Å². The average Bonchev–Trinajstić information content (AvgIpc) is 3.23. The van der Waals surface area contributed by atoms with Gasteiger partial charge in [0.05, 0.1) is 171 Å². The van der Waals surface area contributed by atoms with E-state index in [4.69, 9.17) is 66.3 Å². The molecule has 0 unspecified atom stereocenters. The normalized spacial score (nSPS) is 13.4. The van der Waals surface area contributed by atoms with E-state index >= 15 is 0 Å². The van der Waals surface area contributed by atoms with Crippen LogP contribution in [0.2, 0.25) is 0 Å². The van der Waals surface area contributed by atoms with Gasteiger partial charge in [-0.25, -0.2) is 4.79 Å². The summed E-state index contributed by atoms with van der Waals surface area (Å²) in [6.45, 7) is 15.2. The van der Waals surface area contributed by atoms with E-state index < -0.39 is 6.09 Å². The molecule has 326 valence electrons. The first-order valence-electron chi connectivity index (χ1n) is 20.0. The topological polar surface area (TPSA) is 170 Å². The number of ether oxygens (including phenoxy) is 14. The Kier molecular flexibility index (Phi) is 36.8. The van der Waals surface area contributed by atoms with E-state index in [0.717, 1.165) is 31.5 Å². The molecule has 0 spiro atoms. The van der Waals surface area contributed by atoms with Crippen LogP contribution in [0.15, 0.2) is 30.3 Å². The van der Waals surface area contributed by atoms with Gasteiger partial charge in [-0.15, -0.1) is 0 Å². The molecule has 1 heterocycles. The lowest BCUT2D eigenvalue weighted by atomic mass is 10.1. The highest BCUT2D eigenvalue weighted by Crippen LogP contribution is 2.06. The molecule has 1 aromatic rings. The van der Waals surface area contributed by atoms with Crippen LogP contribution in [0.3, 0.4) is 0 Å². The molecular weight excluding hydrogens is 736 g/mol. The van der Waals surface area contributed by atoms with Gasteiger partial charge in [-0.1, -0.05) is 30.3 Å². The molecular formula is C39H70N2O15. The van der Waals surface area contributed by atoms with Gasteiger partial charge in [0.1, 0.15) is 6.61 Å². The van der Waals surface area contributed by atoms with Crippen LogP contribution in [0.5, 0.6) is 0 Å². The van der Waals surface area contributed by atoms with Gasteiger partial charge >= 0.3 is 6.09 Å². The second kappa shape index (κ2) is 41.1. The van der Waals surface area contributed by atoms with Gasteiger partial charge in [-0.3, -0.25) is 0 Å². The fourth-order valence-corrected chi connectivity index (χ4v) is 4.76. The Morgan fingerprint density at radius 1 is 0.464 bits per heavy atom. The summed E-state index contributed by atoms with van der Waals surface area (Å²) in [7, 11) is 0. The van der Waals surface area contributed by atoms with Crippen molar-refractivity contribution in [1.29, 1.82) is 0 Å². The van der Waals surface area contributed by atoms with Gasteiger partial charge in [0.25, 0.3) is 0 Å². The number of hydrogen-bond acceptors (Lipinski definition) is 16. The van der Waals surface area contributed by atoms with Crippen molar-refractivity contribution in [1.82, 2.24) is 10.6 Å². The monoisotopic (exact) mass is 806 g/mol. The second-order valence-electron chi connectivity index (χ2n) is 12.2. The highest BCUT2D eigenvalue weighted by molar-refractivity contribution is 5.67. The molecule has 0 atom stereocenters. The van der Waals surface area contributed by atoms with Crippen molar-refractivity contribution in [3.05, 3.63) is 35.9 Å². The van der Waals surface area contributed by atoms with Gasteiger partial charge in [-0.2, -0.15) is 0 Å². The summed E-state index contributed by atoms with van der Waals surface area (Å²) in [5.74, 6) is 0. The third kappa shape index (κ3) is 35.1. The Hall–Kier alpha value is -2.07. The minimum absolute atomic E-state index is 0.236. The molecule has 0 aromatic heterocycles. The van der Waals surface area contributed by atoms with E-state index in [9.17, 15) is 4.79 Å². The molecule has 0 radical (unpaired) electrons. The number of rotatable bonds is 42. The first-order valence-corrected chi connectivity index (χ1v) is 20.0. The summed E-state index contributed by atoms with van der Waals surface area (Å²) in [5.41, 5.74) is 0.937. The van der Waals surface area contributed by atoms with Crippen LogP contribution in [-0.2, 0) is 72.9 Å². The Labute approximate surface area is 333 Å². The number of carbonyl (C=O) groups excluding carboxylic acids is 1. The van der Waals surface area contributed by atoms with E-state index in [2.05, 4.69) is 10.6 Å². The van der Waals surface area contributed by atoms with Crippen LogP contribution in [0, 0.1) is 0 Å². The molecule has 2 rings (SSSR count). The van der Waals surface area contributed by atoms with E-state index in [-0.39, 0.29) is 6.61 Å². The Bertz CT molecular complexity index is 950. The van der Waals surface area contributed by atoms with Crippen LogP contribution in [0.25, 0.3) is 0 Å². The third-order valence-electron chi connectivity index (χ3n) is 7.69. The minimum atomic E-state index is -0.470. The standard InChI is InChI=1S/C39H70N2O15/c42-39(56-36-37-4-2-1-3-5-37)41-10-11-43-12-13-44-14-15-45-16-17-46-18-19-47-20-21-48-22-23-49-24-25-50-26-27-51-28-29-52-30-31-53-32-33-54-34-35-55-38-6-8-40-9-7-38/h1-5,38,40H,6-36H2,(H,41,42). The molecule has 1 aliphatic rings. The molecule has 1 fully saturated rings. The van der Waals surface area contributed by atoms with E-state index in [1.54, 1.807) is 0 Å². The Morgan fingerprint density at radius 3 is 1.14 bits per heavy atom. The summed E-state index contributed by atoms with van der Waals surface area (Å²) >= 11 is 0. The van der Waals surface area contributed by atoms with E-state index in [1.165, 1.54) is 0 Å². The van der Waals surface area contributed by atoms with Crippen molar-refractivity contribution in [2.24, 2.45) is 0 Å². The van der Waals surface area contributed by atoms with Crippen molar-refractivity contribution >= 4 is 6.09 Å². The van der Waals surface area contributed by atoms with E-state index in [0.29, 0.717) is 178 Å². The number of carbonyl (C=O) groups is 1. The zero-order valence-corrected chi connectivity index (χ0v) is 33.5. The number of amides is 1. The van der Waals surface area contributed by atoms with Crippen LogP contribution in [0.4, 0.5) is 4.79 Å². The molecule has 56 heavy (non-hydrogen) atoms. The summed E-state index contributed by atoms with van der Waals surface area (Å²) in [6, 6.07) is 9.51. The summed E-state index contributed by atoms with van der Waals surface area (Å²) < 4.78 is 76.8. The molecule has 1 saturated heterocycles. The number of hydrogen-bond donors (Lipinski definition) is 2. The lowest BCUT2D eigenvalue weighted by Gasteiger charge is -2.22. The van der Waals surface area contributed by atoms with Crippen molar-refractivity contribution in [2.75, 3.05) is 185 Å². The SMILES string of the molecule is O=C(NCCOCCOCCOCCOCCOCCOCCOCCOCCOCCOCCOCCOCCOC1CCNCC1)OCc1ccccc1. The highest BCUT2D eigenvalue weighted by Gasteiger charge is 2.12. The highest BCUT2D eigenvalue weighted by atomic mass is 16.6. The van der Waals surface area contributed by atoms with Crippen molar-refractivity contribution < 1.29 is 71.1 Å². The molecule has 0 saturated carbocycles. The summed E-state index contributed by atoms with van der Waals surface area (Å²) in [4.78, 5) is 11.7. The first-order chi connectivity index (χ1) is 27.8. The molecule has 1 aromatic carbocycles. The minimum Gasteiger partial charge on any atom is -0.445 e. The largest absolute Gasteiger partial charge is 0.445 e. The van der Waals surface area contributed by atoms with Gasteiger partial charge in [0, 0.05) is 6.54 Å². The van der Waals surface area contributed by atoms with Crippen LogP contribution in [-0.4, -0.2) is 197 Å². The second-order valence-corrected chi connectivity index (χ2v) is 12.2. The van der Waals surface area contributed by atoms with E-state index in [1.807, 2.05) is 30.3 Å². The van der Waals surface area contributed by atoms with Gasteiger partial charge in [0.15, 0.2) is 0 Å². The Morgan fingerprint density at radius 2 is 0.786 bits per heavy atom. The molecule has 17 heteroatoms. The summed E-state index contributed by atoms with van der Waals surface area (Å²) in [5, 5.41) is 5.97. The van der Waals surface area contributed by atoms with Crippen molar-refractivity contribution in [3.63, 3.8) is 0 Å². The van der Waals surface area contributed by atoms with Crippen molar-refractivity contribution in [2.45, 2.75) is 25.6 Å². The predicted molar refractivity (Wildman–Crippen MR) is 206 cm³/mol. The Balaban J connectivity index is 1.12. The molecule has 1 aliphatic heterocycles. The average molecular weight is 807 g/mol. The molecule has 1 amide bonds. The van der Waals surface area contributed by atoms with Gasteiger partial charge in [0.2, 0.25) is 0 Å². The lowest BCUT2D eigenvalue weighted by molar-refractivity contribution is -0.0327. The van der Waals surface area contributed by atoms with Gasteiger partial charge in [-0.05, 0) is 31.5 Å². The van der Waals surface area contributed by atoms with Crippen LogP contribution < -0.4 is 10.6 Å². The fourth-order valence-electron chi connectivity index (χ4n) is 4.76. The zero-order chi connectivity index (χ0) is 39.5. The quantitative estimate of drug-likeness (QED) is 0.0918. The molecule has 17 nitrogen and oxygen atoms in total. The summed E-state index contributed by atoms with van der Waals surface area (Å²) in [6.07, 6.45) is 2.05. The van der Waals surface area contributed by atoms with Crippen molar-refractivity contribution in [3.8, 4) is 0 Å². The third-order valence-corrected chi connectivity index (χ3v) is 7.69. The lowest BCUT2D eigenvalue weighted by Crippen LogP contribution is -2.33.